The number of fused-ring (bicyclic) bond motifs is 1. The van der Waals surface area contributed by atoms with E-state index in [1.807, 2.05) is 38.8 Å². The van der Waals surface area contributed by atoms with Gasteiger partial charge in [0.05, 0.1) is 11.9 Å². The van der Waals surface area contributed by atoms with E-state index in [1.54, 1.807) is 16.5 Å². The fraction of sp³-hybridized carbons (Fsp3) is 0.286. The van der Waals surface area contributed by atoms with Crippen molar-refractivity contribution in [2.45, 2.75) is 13.3 Å². The summed E-state index contributed by atoms with van der Waals surface area (Å²) in [6, 6.07) is 6.18. The van der Waals surface area contributed by atoms with Crippen molar-refractivity contribution in [3.8, 4) is 11.1 Å². The van der Waals surface area contributed by atoms with Crippen molar-refractivity contribution >= 4 is 22.5 Å². The van der Waals surface area contributed by atoms with E-state index in [9.17, 15) is 4.79 Å². The number of nitrogens with one attached hydrogen (secondary N) is 3. The van der Waals surface area contributed by atoms with Crippen molar-refractivity contribution in [2.75, 3.05) is 20.1 Å². The number of aryl methyl sites for hydroxylation is 1. The summed E-state index contributed by atoms with van der Waals surface area (Å²) in [6.45, 7) is 2.73. The Hall–Kier alpha value is -3.35. The predicted molar refractivity (Wildman–Crippen MR) is 110 cm³/mol. The molecule has 0 saturated carbocycles. The lowest BCUT2D eigenvalue weighted by atomic mass is 9.95. The first-order valence-electron chi connectivity index (χ1n) is 9.32. The largest absolute Gasteiger partial charge is 0.391 e. The maximum atomic E-state index is 11.8. The second-order valence-electron chi connectivity index (χ2n) is 7.14. The summed E-state index contributed by atoms with van der Waals surface area (Å²) in [4.78, 5) is 16.9. The molecular formula is C21H24N6O. The van der Waals surface area contributed by atoms with Gasteiger partial charge in [-0.1, -0.05) is 12.1 Å². The Morgan fingerprint density at radius 1 is 1.32 bits per heavy atom. The number of amides is 1. The van der Waals surface area contributed by atoms with Crippen molar-refractivity contribution in [1.82, 2.24) is 25.0 Å². The first-order valence-corrected chi connectivity index (χ1v) is 9.32. The predicted octanol–water partition coefficient (Wildman–Crippen LogP) is 2.66. The molecule has 3 N–H and O–H groups in total. The van der Waals surface area contributed by atoms with Crippen molar-refractivity contribution in [1.29, 1.82) is 5.41 Å². The third-order valence-electron chi connectivity index (χ3n) is 5.38. The van der Waals surface area contributed by atoms with Gasteiger partial charge < -0.3 is 15.2 Å². The van der Waals surface area contributed by atoms with Crippen LogP contribution in [0.2, 0.25) is 0 Å². The summed E-state index contributed by atoms with van der Waals surface area (Å²) in [5.74, 6) is 0.0421. The van der Waals surface area contributed by atoms with Crippen molar-refractivity contribution in [3.05, 3.63) is 53.6 Å². The van der Waals surface area contributed by atoms with E-state index < -0.39 is 0 Å². The van der Waals surface area contributed by atoms with Crippen LogP contribution >= 0.6 is 0 Å². The lowest BCUT2D eigenvalue weighted by Crippen LogP contribution is -2.39. The van der Waals surface area contributed by atoms with Gasteiger partial charge in [0.25, 0.3) is 0 Å². The highest BCUT2D eigenvalue weighted by molar-refractivity contribution is 6.18. The third kappa shape index (κ3) is 3.09. The lowest BCUT2D eigenvalue weighted by molar-refractivity contribution is -0.128. The molecule has 0 aliphatic carbocycles. The van der Waals surface area contributed by atoms with Crippen LogP contribution in [0, 0.1) is 5.41 Å². The molecule has 3 aromatic rings. The second-order valence-corrected chi connectivity index (χ2v) is 7.14. The zero-order valence-electron chi connectivity index (χ0n) is 16.3. The highest BCUT2D eigenvalue weighted by atomic mass is 16.2. The highest BCUT2D eigenvalue weighted by Gasteiger charge is 2.24. The van der Waals surface area contributed by atoms with Crippen molar-refractivity contribution in [2.24, 2.45) is 7.05 Å². The molecule has 0 saturated heterocycles. The van der Waals surface area contributed by atoms with Gasteiger partial charge >= 0.3 is 0 Å². The van der Waals surface area contributed by atoms with Gasteiger partial charge in [-0.25, -0.2) is 0 Å². The van der Waals surface area contributed by atoms with Gasteiger partial charge in [-0.05, 0) is 11.6 Å². The Morgan fingerprint density at radius 3 is 2.82 bits per heavy atom. The fourth-order valence-electron chi connectivity index (χ4n) is 3.78. The minimum Gasteiger partial charge on any atom is -0.391 e. The number of aromatic amines is 1. The van der Waals surface area contributed by atoms with Gasteiger partial charge in [0.1, 0.15) is 0 Å². The Bertz CT molecular complexity index is 1100. The first kappa shape index (κ1) is 18.0. The Morgan fingerprint density at radius 2 is 2.14 bits per heavy atom. The maximum Gasteiger partial charge on any atom is 0.219 e. The summed E-state index contributed by atoms with van der Waals surface area (Å²) in [7, 11) is 3.78. The number of H-pyrrole nitrogens is 1. The topological polar surface area (TPSA) is 89.8 Å². The van der Waals surface area contributed by atoms with E-state index >= 15 is 0 Å². The smallest absolute Gasteiger partial charge is 0.219 e. The van der Waals surface area contributed by atoms with Crippen LogP contribution in [0.3, 0.4) is 0 Å². The molecule has 0 unspecified atom stereocenters. The Balaban J connectivity index is 1.71. The summed E-state index contributed by atoms with van der Waals surface area (Å²) < 4.78 is 1.78. The van der Waals surface area contributed by atoms with Gasteiger partial charge in [0.15, 0.2) is 0 Å². The molecule has 0 fully saturated rings. The minimum absolute atomic E-state index is 0.0421. The number of benzene rings is 1. The van der Waals surface area contributed by atoms with Gasteiger partial charge in [-0.2, -0.15) is 5.10 Å². The summed E-state index contributed by atoms with van der Waals surface area (Å²) >= 11 is 0. The zero-order chi connectivity index (χ0) is 19.8. The van der Waals surface area contributed by atoms with E-state index in [2.05, 4.69) is 27.5 Å². The van der Waals surface area contributed by atoms with Crippen LogP contribution in [0.25, 0.3) is 22.0 Å². The fourth-order valence-corrected chi connectivity index (χ4v) is 3.78. The maximum absolute atomic E-state index is 11.8. The monoisotopic (exact) mass is 376 g/mol. The van der Waals surface area contributed by atoms with E-state index in [1.165, 1.54) is 0 Å². The normalized spacial score (nSPS) is 14.6. The molecule has 0 radical (unpaired) electrons. The van der Waals surface area contributed by atoms with Gasteiger partial charge in [0, 0.05) is 86.2 Å². The van der Waals surface area contributed by atoms with Crippen LogP contribution < -0.4 is 5.32 Å². The molecule has 3 heterocycles. The van der Waals surface area contributed by atoms with Crippen LogP contribution in [-0.4, -0.2) is 51.4 Å². The highest BCUT2D eigenvalue weighted by Crippen LogP contribution is 2.28. The Labute approximate surface area is 163 Å². The molecule has 7 nitrogen and oxygen atoms in total. The number of hydrogen-bond donors (Lipinski definition) is 3. The molecule has 144 valence electrons. The van der Waals surface area contributed by atoms with Crippen LogP contribution in [0.4, 0.5) is 0 Å². The van der Waals surface area contributed by atoms with Gasteiger partial charge in [-0.3, -0.25) is 14.9 Å². The number of carbonyl (C=O) groups excluding carboxylic acids is 1. The summed E-state index contributed by atoms with van der Waals surface area (Å²) in [5, 5.41) is 17.3. The second kappa shape index (κ2) is 6.99. The van der Waals surface area contributed by atoms with Crippen LogP contribution in [-0.2, 0) is 11.8 Å². The van der Waals surface area contributed by atoms with Crippen molar-refractivity contribution in [3.63, 3.8) is 0 Å². The molecule has 4 rings (SSSR count). The van der Waals surface area contributed by atoms with Crippen LogP contribution in [0.1, 0.15) is 18.9 Å². The summed E-state index contributed by atoms with van der Waals surface area (Å²) in [5.41, 5.74) is 6.32. The lowest BCUT2D eigenvalue weighted by Gasteiger charge is -2.30. The molecule has 2 aromatic heterocycles. The standard InChI is InChI=1S/C21H24N6O/c1-13(28)27-7-6-19(23-2)18(12-27)21(22)17-10-24-20-8-14(4-5-16(17)20)15-9-25-26(3)11-15/h4-5,8-11,22-24H,6-7,12H2,1-3H3. The molecular weight excluding hydrogens is 352 g/mol. The average molecular weight is 376 g/mol. The van der Waals surface area contributed by atoms with E-state index in [4.69, 9.17) is 5.41 Å². The van der Waals surface area contributed by atoms with E-state index in [-0.39, 0.29) is 5.91 Å². The van der Waals surface area contributed by atoms with Gasteiger partial charge in [0.2, 0.25) is 5.91 Å². The molecule has 1 aromatic carbocycles. The molecule has 28 heavy (non-hydrogen) atoms. The van der Waals surface area contributed by atoms with Crippen molar-refractivity contribution < 1.29 is 4.79 Å². The SMILES string of the molecule is CNC1=C(C(=N)c2c[nH]c3cc(-c4cnn(C)c4)ccc23)CN(C(C)=O)CC1. The molecule has 0 spiro atoms. The molecule has 1 aliphatic heterocycles. The number of nitrogens with zero attached hydrogens (tertiary/aromatic N) is 3. The molecule has 0 atom stereocenters. The molecule has 1 aliphatic rings. The summed E-state index contributed by atoms with van der Waals surface area (Å²) in [6.07, 6.45) is 6.44. The quantitative estimate of drug-likeness (QED) is 0.612. The number of carbonyl (C=O) groups is 1. The molecule has 1 amide bonds. The average Bonchev–Trinajstić information content (AvgIpc) is 3.32. The van der Waals surface area contributed by atoms with E-state index in [0.29, 0.717) is 18.8 Å². The third-order valence-corrected chi connectivity index (χ3v) is 5.38. The molecule has 7 heteroatoms. The number of aromatic nitrogens is 3. The van der Waals surface area contributed by atoms with Crippen LogP contribution in [0.15, 0.2) is 48.1 Å². The molecule has 0 bridgehead atoms. The van der Waals surface area contributed by atoms with E-state index in [0.717, 1.165) is 45.3 Å². The Kier molecular flexibility index (Phi) is 4.50. The minimum atomic E-state index is 0.0421. The number of hydrogen-bond acceptors (Lipinski definition) is 4. The first-order chi connectivity index (χ1) is 13.5. The van der Waals surface area contributed by atoms with Gasteiger partial charge in [-0.15, -0.1) is 0 Å². The van der Waals surface area contributed by atoms with Crippen LogP contribution in [0.5, 0.6) is 0 Å². The zero-order valence-corrected chi connectivity index (χ0v) is 16.3. The number of rotatable bonds is 4.